The first kappa shape index (κ1) is 15.0. The molecule has 0 saturated carbocycles. The molecule has 0 aromatic heterocycles. The molecule has 0 fully saturated rings. The Balaban J connectivity index is 2.89. The number of hydrogen-bond acceptors (Lipinski definition) is 2. The Kier molecular flexibility index (Phi) is 3.67. The van der Waals surface area contributed by atoms with Gasteiger partial charge < -0.3 is 0 Å². The molecule has 20 heavy (non-hydrogen) atoms. The zero-order valence-electron chi connectivity index (χ0n) is 12.8. The van der Waals surface area contributed by atoms with Crippen molar-refractivity contribution in [2.45, 2.75) is 50.2 Å². The first-order chi connectivity index (χ1) is 9.16. The zero-order valence-corrected chi connectivity index (χ0v) is 13.6. The summed E-state index contributed by atoms with van der Waals surface area (Å²) in [7, 11) is -3.34. The van der Waals surface area contributed by atoms with Crippen LogP contribution < -0.4 is 0 Å². The molecule has 0 bridgehead atoms. The van der Waals surface area contributed by atoms with Crippen LogP contribution in [0.15, 0.2) is 41.3 Å². The molecule has 2 nitrogen and oxygen atoms in total. The second-order valence-electron chi connectivity index (χ2n) is 6.47. The molecule has 0 radical (unpaired) electrons. The van der Waals surface area contributed by atoms with Gasteiger partial charge in [0.2, 0.25) is 0 Å². The first-order valence-electron chi connectivity index (χ1n) is 6.92. The van der Waals surface area contributed by atoms with Crippen molar-refractivity contribution in [1.82, 2.24) is 0 Å². The summed E-state index contributed by atoms with van der Waals surface area (Å²) in [5, 5.41) is 2.12. The summed E-state index contributed by atoms with van der Waals surface area (Å²) in [5.74, 6) is 0.160. The summed E-state index contributed by atoms with van der Waals surface area (Å²) in [4.78, 5) is 0.471. The van der Waals surface area contributed by atoms with E-state index >= 15 is 0 Å². The Morgan fingerprint density at radius 1 is 0.950 bits per heavy atom. The molecule has 2 aromatic rings. The molecule has 0 aliphatic carbocycles. The summed E-state index contributed by atoms with van der Waals surface area (Å²) in [5.41, 5.74) is 0.929. The third-order valence-electron chi connectivity index (χ3n) is 3.60. The lowest BCUT2D eigenvalue weighted by Crippen LogP contribution is -2.29. The monoisotopic (exact) mass is 290 g/mol. The number of benzene rings is 2. The molecule has 108 valence electrons. The van der Waals surface area contributed by atoms with Gasteiger partial charge in [-0.15, -0.1) is 0 Å². The van der Waals surface area contributed by atoms with Crippen molar-refractivity contribution in [2.24, 2.45) is 0 Å². The minimum absolute atomic E-state index is 0.160. The van der Waals surface area contributed by atoms with Crippen molar-refractivity contribution in [1.29, 1.82) is 0 Å². The molecule has 3 heteroatoms. The van der Waals surface area contributed by atoms with Gasteiger partial charge in [-0.3, -0.25) is 0 Å². The molecule has 0 spiro atoms. The minimum atomic E-state index is -3.34. The molecule has 2 rings (SSSR count). The van der Waals surface area contributed by atoms with Crippen LogP contribution in [0.25, 0.3) is 10.8 Å². The summed E-state index contributed by atoms with van der Waals surface area (Å²) >= 11 is 0. The molecule has 2 aromatic carbocycles. The third kappa shape index (κ3) is 2.35. The maximum Gasteiger partial charge on any atom is 0.183 e. The van der Waals surface area contributed by atoms with Crippen molar-refractivity contribution in [3.05, 3.63) is 42.0 Å². The van der Waals surface area contributed by atoms with E-state index in [4.69, 9.17) is 0 Å². The second kappa shape index (κ2) is 4.88. The van der Waals surface area contributed by atoms with Crippen molar-refractivity contribution < 1.29 is 8.42 Å². The molecule has 0 N–H and O–H groups in total. The number of rotatable bonds is 2. The molecular formula is C17H22O2S. The molecule has 0 atom stereocenters. The van der Waals surface area contributed by atoms with Gasteiger partial charge in [0.05, 0.1) is 9.64 Å². The summed E-state index contributed by atoms with van der Waals surface area (Å²) in [6.45, 7) is 9.35. The van der Waals surface area contributed by atoms with Gasteiger partial charge >= 0.3 is 0 Å². The average molecular weight is 290 g/mol. The van der Waals surface area contributed by atoms with E-state index in [1.165, 1.54) is 0 Å². The van der Waals surface area contributed by atoms with Gasteiger partial charge in [0.15, 0.2) is 9.84 Å². The third-order valence-corrected chi connectivity index (χ3v) is 6.15. The predicted octanol–water partition coefficient (Wildman–Crippen LogP) is 4.54. The van der Waals surface area contributed by atoms with Gasteiger partial charge in [0.1, 0.15) is 0 Å². The SMILES string of the molecule is CC(C)c1c(S(=O)(=O)C(C)(C)C)ccc2ccccc12. The van der Waals surface area contributed by atoms with Crippen LogP contribution in [-0.2, 0) is 9.84 Å². The molecule has 0 heterocycles. The van der Waals surface area contributed by atoms with Gasteiger partial charge in [0, 0.05) is 0 Å². The van der Waals surface area contributed by atoms with Crippen LogP contribution in [0.1, 0.15) is 46.1 Å². The van der Waals surface area contributed by atoms with Gasteiger partial charge in [-0.1, -0.05) is 44.2 Å². The van der Waals surface area contributed by atoms with Crippen LogP contribution in [0.5, 0.6) is 0 Å². The largest absolute Gasteiger partial charge is 0.223 e. The van der Waals surface area contributed by atoms with E-state index in [9.17, 15) is 8.42 Å². The zero-order chi connectivity index (χ0) is 15.1. The first-order valence-corrected chi connectivity index (χ1v) is 8.41. The lowest BCUT2D eigenvalue weighted by atomic mass is 9.96. The van der Waals surface area contributed by atoms with E-state index in [0.29, 0.717) is 4.90 Å². The topological polar surface area (TPSA) is 34.1 Å². The van der Waals surface area contributed by atoms with Gasteiger partial charge in [-0.05, 0) is 49.1 Å². The number of fused-ring (bicyclic) bond motifs is 1. The van der Waals surface area contributed by atoms with E-state index in [2.05, 4.69) is 0 Å². The van der Waals surface area contributed by atoms with Gasteiger partial charge in [0.25, 0.3) is 0 Å². The van der Waals surface area contributed by atoms with Crippen molar-refractivity contribution in [2.75, 3.05) is 0 Å². The summed E-state index contributed by atoms with van der Waals surface area (Å²) in [6.07, 6.45) is 0. The van der Waals surface area contributed by atoms with Gasteiger partial charge in [-0.2, -0.15) is 0 Å². The highest BCUT2D eigenvalue weighted by molar-refractivity contribution is 7.92. The predicted molar refractivity (Wildman–Crippen MR) is 85.0 cm³/mol. The number of sulfone groups is 1. The highest BCUT2D eigenvalue weighted by Gasteiger charge is 2.33. The molecule has 0 saturated heterocycles. The van der Waals surface area contributed by atoms with Crippen LogP contribution in [0.4, 0.5) is 0 Å². The van der Waals surface area contributed by atoms with Crippen molar-refractivity contribution >= 4 is 20.6 Å². The average Bonchev–Trinajstić information content (AvgIpc) is 2.35. The summed E-state index contributed by atoms with van der Waals surface area (Å²) < 4.78 is 24.9. The molecule has 0 unspecified atom stereocenters. The Labute approximate surface area is 121 Å². The fourth-order valence-electron chi connectivity index (χ4n) is 2.44. The normalized spacial score (nSPS) is 13.1. The van der Waals surface area contributed by atoms with E-state index in [1.54, 1.807) is 26.8 Å². The Bertz CT molecular complexity index is 735. The Morgan fingerprint density at radius 3 is 2.10 bits per heavy atom. The van der Waals surface area contributed by atoms with Crippen LogP contribution >= 0.6 is 0 Å². The molecule has 0 amide bonds. The standard InChI is InChI=1S/C17H22O2S/c1-12(2)16-14-9-7-6-8-13(14)10-11-15(16)20(18,19)17(3,4)5/h6-12H,1-5H3. The molecule has 0 aliphatic heterocycles. The van der Waals surface area contributed by atoms with Crippen molar-refractivity contribution in [3.63, 3.8) is 0 Å². The van der Waals surface area contributed by atoms with E-state index in [-0.39, 0.29) is 5.92 Å². The van der Waals surface area contributed by atoms with E-state index < -0.39 is 14.6 Å². The summed E-state index contributed by atoms with van der Waals surface area (Å²) in [6, 6.07) is 11.6. The fourth-order valence-corrected chi connectivity index (χ4v) is 3.98. The van der Waals surface area contributed by atoms with E-state index in [1.807, 2.05) is 44.2 Å². The smallest absolute Gasteiger partial charge is 0.183 e. The fraction of sp³-hybridized carbons (Fsp3) is 0.412. The Morgan fingerprint density at radius 2 is 1.55 bits per heavy atom. The van der Waals surface area contributed by atoms with Crippen LogP contribution in [0.2, 0.25) is 0 Å². The van der Waals surface area contributed by atoms with Crippen LogP contribution in [-0.4, -0.2) is 13.2 Å². The second-order valence-corrected chi connectivity index (χ2v) is 9.14. The molecular weight excluding hydrogens is 268 g/mol. The highest BCUT2D eigenvalue weighted by Crippen LogP contribution is 2.35. The Hall–Kier alpha value is -1.35. The highest BCUT2D eigenvalue weighted by atomic mass is 32.2. The van der Waals surface area contributed by atoms with Crippen LogP contribution in [0.3, 0.4) is 0 Å². The van der Waals surface area contributed by atoms with Gasteiger partial charge in [-0.25, -0.2) is 8.42 Å². The van der Waals surface area contributed by atoms with E-state index in [0.717, 1.165) is 16.3 Å². The lowest BCUT2D eigenvalue weighted by Gasteiger charge is -2.23. The van der Waals surface area contributed by atoms with Crippen molar-refractivity contribution in [3.8, 4) is 0 Å². The lowest BCUT2D eigenvalue weighted by molar-refractivity contribution is 0.558. The minimum Gasteiger partial charge on any atom is -0.223 e. The maximum atomic E-state index is 12.8. The van der Waals surface area contributed by atoms with Crippen LogP contribution in [0, 0.1) is 0 Å². The maximum absolute atomic E-state index is 12.8. The molecule has 0 aliphatic rings. The quantitative estimate of drug-likeness (QED) is 0.814. The number of hydrogen-bond donors (Lipinski definition) is 0.